The van der Waals surface area contributed by atoms with E-state index >= 15 is 0 Å². The highest BCUT2D eigenvalue weighted by molar-refractivity contribution is 7.77. The van der Waals surface area contributed by atoms with Crippen molar-refractivity contribution in [3.05, 3.63) is 36.0 Å². The van der Waals surface area contributed by atoms with Crippen molar-refractivity contribution in [1.29, 1.82) is 0 Å². The van der Waals surface area contributed by atoms with Crippen molar-refractivity contribution in [1.82, 2.24) is 20.2 Å². The molecule has 3 rings (SSSR count). The van der Waals surface area contributed by atoms with Gasteiger partial charge in [-0.2, -0.15) is 0 Å². The minimum absolute atomic E-state index is 0.207. The predicted octanol–water partition coefficient (Wildman–Crippen LogP) is 2.00. The van der Waals surface area contributed by atoms with E-state index in [9.17, 15) is 4.79 Å². The summed E-state index contributed by atoms with van der Waals surface area (Å²) in [5.41, 5.74) is 2.72. The Labute approximate surface area is 188 Å². The number of rotatable bonds is 9. The molecule has 1 fully saturated rings. The molecular weight excluding hydrogens is 412 g/mol. The fourth-order valence-electron chi connectivity index (χ4n) is 3.14. The van der Waals surface area contributed by atoms with Crippen LogP contribution in [0.2, 0.25) is 0 Å². The minimum atomic E-state index is -0.207. The third kappa shape index (κ3) is 7.37. The number of hydrogen-bond acceptors (Lipinski definition) is 6. The van der Waals surface area contributed by atoms with Crippen LogP contribution in [0.25, 0.3) is 11.4 Å². The number of nitrogens with zero attached hydrogens (tertiary/aromatic N) is 4. The molecule has 0 atom stereocenters. The van der Waals surface area contributed by atoms with Gasteiger partial charge in [0.1, 0.15) is 17.3 Å². The Morgan fingerprint density at radius 2 is 1.94 bits per heavy atom. The lowest BCUT2D eigenvalue weighted by atomic mass is 10.2. The Hall–Kier alpha value is -2.36. The molecule has 2 N–H and O–H groups in total. The number of thiol groups is 1. The molecule has 168 valence electrons. The maximum Gasteiger partial charge on any atom is 0.319 e. The van der Waals surface area contributed by atoms with E-state index in [0.717, 1.165) is 67.1 Å². The summed E-state index contributed by atoms with van der Waals surface area (Å²) in [6.45, 7) is 6.69. The summed E-state index contributed by atoms with van der Waals surface area (Å²) in [6.07, 6.45) is 0. The molecular formula is C22H33N6O2S+. The van der Waals surface area contributed by atoms with Crippen molar-refractivity contribution in [3.8, 4) is 11.4 Å². The number of morpholine rings is 1. The third-order valence-electron chi connectivity index (χ3n) is 4.84. The van der Waals surface area contributed by atoms with Crippen molar-refractivity contribution >= 4 is 29.3 Å². The Bertz CT molecular complexity index is 840. The van der Waals surface area contributed by atoms with Crippen LogP contribution in [0, 0.1) is 0 Å². The summed E-state index contributed by atoms with van der Waals surface area (Å²) >= 11 is 1.35. The first-order valence-electron chi connectivity index (χ1n) is 10.7. The molecule has 0 aliphatic carbocycles. The van der Waals surface area contributed by atoms with Crippen LogP contribution >= 0.6 is 0 Å². The maximum atomic E-state index is 12.0. The van der Waals surface area contributed by atoms with Crippen molar-refractivity contribution in [2.45, 2.75) is 12.7 Å². The molecule has 31 heavy (non-hydrogen) atoms. The number of benzene rings is 1. The fourth-order valence-corrected chi connectivity index (χ4v) is 3.76. The van der Waals surface area contributed by atoms with Gasteiger partial charge in [0.05, 0.1) is 18.9 Å². The van der Waals surface area contributed by atoms with Gasteiger partial charge in [-0.25, -0.2) is 14.8 Å². The van der Waals surface area contributed by atoms with Gasteiger partial charge in [0.2, 0.25) is 0 Å². The SMILES string of the molecule is CC[SH+]Cc1cc(N2CCOCC2)nc(-c2ccc(NC(=O)NCCN(C)C)cc2)n1. The molecule has 1 aromatic carbocycles. The van der Waals surface area contributed by atoms with E-state index in [1.165, 1.54) is 11.8 Å². The normalized spacial score (nSPS) is 14.0. The highest BCUT2D eigenvalue weighted by atomic mass is 32.2. The van der Waals surface area contributed by atoms with Crippen molar-refractivity contribution < 1.29 is 9.53 Å². The Kier molecular flexibility index (Phi) is 8.93. The number of ether oxygens (including phenoxy) is 1. The first-order chi connectivity index (χ1) is 15.0. The molecule has 9 heteroatoms. The molecule has 1 aliphatic rings. The second-order valence-corrected chi connectivity index (χ2v) is 9.00. The number of urea groups is 1. The molecule has 2 aromatic rings. The summed E-state index contributed by atoms with van der Waals surface area (Å²) in [5, 5.41) is 5.71. The molecule has 0 radical (unpaired) electrons. The van der Waals surface area contributed by atoms with Gasteiger partial charge < -0.3 is 25.2 Å². The quantitative estimate of drug-likeness (QED) is 0.454. The lowest BCUT2D eigenvalue weighted by molar-refractivity contribution is 0.122. The number of carbonyl (C=O) groups excluding carboxylic acids is 1. The van der Waals surface area contributed by atoms with Gasteiger partial charge in [0.15, 0.2) is 5.82 Å². The number of carbonyl (C=O) groups is 1. The zero-order valence-corrected chi connectivity index (χ0v) is 19.5. The summed E-state index contributed by atoms with van der Waals surface area (Å²) < 4.78 is 5.48. The van der Waals surface area contributed by atoms with Gasteiger partial charge >= 0.3 is 6.03 Å². The summed E-state index contributed by atoms with van der Waals surface area (Å²) in [6, 6.07) is 9.57. The average Bonchev–Trinajstić information content (AvgIpc) is 2.78. The van der Waals surface area contributed by atoms with Gasteiger partial charge in [0.25, 0.3) is 0 Å². The number of hydrogen-bond donors (Lipinski definition) is 2. The Morgan fingerprint density at radius 3 is 2.61 bits per heavy atom. The van der Waals surface area contributed by atoms with Gasteiger partial charge in [-0.15, -0.1) is 0 Å². The second kappa shape index (κ2) is 11.9. The number of likely N-dealkylation sites (N-methyl/N-ethyl adjacent to an activating group) is 1. The standard InChI is InChI=1S/C22H32N6O2S/c1-4-31-16-19-15-20(28-11-13-30-14-12-28)26-21(24-19)17-5-7-18(8-6-17)25-22(29)23-9-10-27(2)3/h5-8,15H,4,9-14,16H2,1-3H3,(H2,23,25,29)/p+1. The van der Waals surface area contributed by atoms with Crippen LogP contribution in [-0.2, 0) is 22.3 Å². The van der Waals surface area contributed by atoms with Crippen LogP contribution in [0.15, 0.2) is 30.3 Å². The monoisotopic (exact) mass is 445 g/mol. The van der Waals surface area contributed by atoms with Crippen LogP contribution in [0.1, 0.15) is 12.6 Å². The van der Waals surface area contributed by atoms with Gasteiger partial charge in [-0.05, 0) is 57.0 Å². The smallest absolute Gasteiger partial charge is 0.319 e. The molecule has 0 bridgehead atoms. The zero-order valence-electron chi connectivity index (χ0n) is 18.6. The first-order valence-corrected chi connectivity index (χ1v) is 12.0. The molecule has 0 spiro atoms. The van der Waals surface area contributed by atoms with E-state index in [4.69, 9.17) is 14.7 Å². The lowest BCUT2D eigenvalue weighted by Crippen LogP contribution is -2.37. The molecule has 0 unspecified atom stereocenters. The van der Waals surface area contributed by atoms with E-state index in [2.05, 4.69) is 28.5 Å². The van der Waals surface area contributed by atoms with Crippen molar-refractivity contribution in [2.24, 2.45) is 0 Å². The topological polar surface area (TPSA) is 82.6 Å². The van der Waals surface area contributed by atoms with E-state index in [1.54, 1.807) is 0 Å². The molecule has 2 amide bonds. The van der Waals surface area contributed by atoms with Crippen LogP contribution < -0.4 is 15.5 Å². The molecule has 0 saturated carbocycles. The minimum Gasteiger partial charge on any atom is -0.378 e. The molecule has 1 aromatic heterocycles. The molecule has 8 nitrogen and oxygen atoms in total. The lowest BCUT2D eigenvalue weighted by Gasteiger charge is -2.28. The van der Waals surface area contributed by atoms with E-state index < -0.39 is 0 Å². The number of aromatic nitrogens is 2. The summed E-state index contributed by atoms with van der Waals surface area (Å²) in [4.78, 5) is 26.0. The number of amides is 2. The second-order valence-electron chi connectivity index (χ2n) is 7.60. The highest BCUT2D eigenvalue weighted by Gasteiger charge is 2.17. The fraction of sp³-hybridized carbons (Fsp3) is 0.500. The van der Waals surface area contributed by atoms with Crippen molar-refractivity contribution in [2.75, 3.05) is 69.5 Å². The third-order valence-corrected chi connectivity index (χ3v) is 5.84. The van der Waals surface area contributed by atoms with Gasteiger partial charge in [0, 0.05) is 43.5 Å². The zero-order chi connectivity index (χ0) is 22.1. The Balaban J connectivity index is 1.72. The molecule has 2 heterocycles. The largest absolute Gasteiger partial charge is 0.378 e. The molecule has 1 saturated heterocycles. The van der Waals surface area contributed by atoms with Crippen LogP contribution in [-0.4, -0.2) is 80.1 Å². The summed E-state index contributed by atoms with van der Waals surface area (Å²) in [5.74, 6) is 3.68. The van der Waals surface area contributed by atoms with Gasteiger partial charge in [-0.3, -0.25) is 0 Å². The van der Waals surface area contributed by atoms with Crippen LogP contribution in [0.5, 0.6) is 0 Å². The highest BCUT2D eigenvalue weighted by Crippen LogP contribution is 2.23. The number of nitrogens with one attached hydrogen (secondary N) is 2. The Morgan fingerprint density at radius 1 is 1.19 bits per heavy atom. The average molecular weight is 446 g/mol. The van der Waals surface area contributed by atoms with E-state index in [1.807, 2.05) is 43.3 Å². The summed E-state index contributed by atoms with van der Waals surface area (Å²) in [7, 11) is 3.95. The van der Waals surface area contributed by atoms with E-state index in [-0.39, 0.29) is 6.03 Å². The van der Waals surface area contributed by atoms with Crippen molar-refractivity contribution in [3.63, 3.8) is 0 Å². The van der Waals surface area contributed by atoms with Gasteiger partial charge in [-0.1, -0.05) is 0 Å². The number of anilines is 2. The molecule has 1 aliphatic heterocycles. The predicted molar refractivity (Wildman–Crippen MR) is 129 cm³/mol. The maximum absolute atomic E-state index is 12.0. The first kappa shape index (κ1) is 23.3. The van der Waals surface area contributed by atoms with Crippen LogP contribution in [0.4, 0.5) is 16.3 Å². The van der Waals surface area contributed by atoms with Crippen LogP contribution in [0.3, 0.4) is 0 Å². The van der Waals surface area contributed by atoms with E-state index in [0.29, 0.717) is 12.4 Å².